The van der Waals surface area contributed by atoms with E-state index in [-0.39, 0.29) is 38.0 Å². The van der Waals surface area contributed by atoms with E-state index in [1.165, 1.54) is 0 Å². The zero-order valence-corrected chi connectivity index (χ0v) is 21.6. The van der Waals surface area contributed by atoms with E-state index in [1.54, 1.807) is 0 Å². The number of benzene rings is 2. The normalized spacial score (nSPS) is 22.1. The summed E-state index contributed by atoms with van der Waals surface area (Å²) in [5.41, 5.74) is 0. The van der Waals surface area contributed by atoms with Gasteiger partial charge >= 0.3 is 29.6 Å². The first kappa shape index (κ1) is 27.8. The summed E-state index contributed by atoms with van der Waals surface area (Å²) in [6.07, 6.45) is 0. The fraction of sp³-hybridized carbons (Fsp3) is 0.500. The molecule has 9 heteroatoms. The van der Waals surface area contributed by atoms with Crippen molar-refractivity contribution in [1.29, 1.82) is 0 Å². The van der Waals surface area contributed by atoms with Crippen molar-refractivity contribution in [2.24, 2.45) is 0 Å². The Morgan fingerprint density at radius 1 is 0.455 bits per heavy atom. The Balaban J connectivity index is 0.00000193. The van der Waals surface area contributed by atoms with Crippen LogP contribution >= 0.6 is 0 Å². The fourth-order valence-corrected chi connectivity index (χ4v) is 3.68. The van der Waals surface area contributed by atoms with Crippen molar-refractivity contribution in [3.63, 3.8) is 0 Å². The van der Waals surface area contributed by atoms with Crippen molar-refractivity contribution in [2.75, 3.05) is 78.9 Å². The van der Waals surface area contributed by atoms with Gasteiger partial charge in [-0.15, -0.1) is 0 Å². The smallest absolute Gasteiger partial charge is 1.00 e. The van der Waals surface area contributed by atoms with E-state index in [4.69, 9.17) is 23.7 Å². The Labute approximate surface area is 221 Å². The van der Waals surface area contributed by atoms with Crippen molar-refractivity contribution in [2.45, 2.75) is 0 Å². The molecule has 2 aliphatic rings. The largest absolute Gasteiger partial charge is 1.00 e. The van der Waals surface area contributed by atoms with E-state index in [9.17, 15) is 0 Å². The summed E-state index contributed by atoms with van der Waals surface area (Å²) < 4.78 is 30.2. The minimum absolute atomic E-state index is 0. The molecule has 2 aromatic carbocycles. The van der Waals surface area contributed by atoms with Crippen molar-refractivity contribution >= 4 is 8.41 Å². The summed E-state index contributed by atoms with van der Waals surface area (Å²) in [5, 5.41) is 0. The molecule has 7 nitrogen and oxygen atoms in total. The maximum absolute atomic E-state index is 6.06. The van der Waals surface area contributed by atoms with Crippen LogP contribution in [0.25, 0.3) is 0 Å². The van der Waals surface area contributed by atoms with Crippen LogP contribution in [0.4, 0.5) is 0 Å². The molecule has 4 radical (unpaired) electrons. The third kappa shape index (κ3) is 9.04. The molecular formula is C24H32BN2NaO5. The van der Waals surface area contributed by atoms with Gasteiger partial charge in [0.2, 0.25) is 0 Å². The van der Waals surface area contributed by atoms with Gasteiger partial charge < -0.3 is 32.1 Å². The summed E-state index contributed by atoms with van der Waals surface area (Å²) in [7, 11) is 0. The zero-order chi connectivity index (χ0) is 21.1. The summed E-state index contributed by atoms with van der Waals surface area (Å²) in [6, 6.07) is 15.8. The molecule has 0 fully saturated rings. The van der Waals surface area contributed by atoms with Gasteiger partial charge in [0, 0.05) is 39.3 Å². The predicted molar refractivity (Wildman–Crippen MR) is 124 cm³/mol. The van der Waals surface area contributed by atoms with Gasteiger partial charge in [0.1, 0.15) is 26.4 Å². The van der Waals surface area contributed by atoms with Crippen LogP contribution in [-0.4, -0.2) is 97.1 Å². The summed E-state index contributed by atoms with van der Waals surface area (Å²) in [5.74, 6) is 3.15. The standard InChI is InChI=1S/C24H32N2O5.B.Na/c1-2-6-22-21(5-1)28-17-11-25-9-15-27-16-10-26(12-18-29-22)14-20-31-24-8-4-3-7-23(24)30-19-13-25;;/h1-8H,9-20H2;;/q;-1;+1. The minimum Gasteiger partial charge on any atom is -1.00 e. The fourth-order valence-electron chi connectivity index (χ4n) is 3.68. The maximum atomic E-state index is 6.06. The monoisotopic (exact) mass is 462 g/mol. The molecule has 172 valence electrons. The second kappa shape index (κ2) is 15.5. The van der Waals surface area contributed by atoms with Crippen molar-refractivity contribution < 1.29 is 53.2 Å². The molecule has 0 amide bonds. The summed E-state index contributed by atoms with van der Waals surface area (Å²) in [6.45, 7) is 8.48. The zero-order valence-electron chi connectivity index (χ0n) is 19.6. The second-order valence-corrected chi connectivity index (χ2v) is 7.58. The topological polar surface area (TPSA) is 52.6 Å². The average molecular weight is 462 g/mol. The average Bonchev–Trinajstić information content (AvgIpc) is 2.80. The van der Waals surface area contributed by atoms with Crippen LogP contribution in [0, 0.1) is 0 Å². The van der Waals surface area contributed by atoms with E-state index in [0.717, 1.165) is 62.3 Å². The van der Waals surface area contributed by atoms with Crippen LogP contribution in [-0.2, 0) is 4.74 Å². The second-order valence-electron chi connectivity index (χ2n) is 7.58. The molecule has 0 unspecified atom stereocenters. The van der Waals surface area contributed by atoms with Crippen molar-refractivity contribution in [3.05, 3.63) is 48.5 Å². The number of hydrogen-bond donors (Lipinski definition) is 0. The van der Waals surface area contributed by atoms with E-state index < -0.39 is 0 Å². The molecule has 2 bridgehead atoms. The Morgan fingerprint density at radius 3 is 1.03 bits per heavy atom. The van der Waals surface area contributed by atoms with Crippen LogP contribution < -0.4 is 48.5 Å². The minimum atomic E-state index is 0. The van der Waals surface area contributed by atoms with E-state index in [0.29, 0.717) is 39.6 Å². The molecule has 2 heterocycles. The molecule has 0 saturated carbocycles. The Morgan fingerprint density at radius 2 is 0.727 bits per heavy atom. The number of ether oxygens (including phenoxy) is 5. The first-order valence-electron chi connectivity index (χ1n) is 11.1. The maximum Gasteiger partial charge on any atom is 1.00 e. The molecule has 2 aromatic rings. The molecule has 0 saturated heterocycles. The van der Waals surface area contributed by atoms with Gasteiger partial charge in [-0.1, -0.05) is 24.3 Å². The van der Waals surface area contributed by atoms with Crippen molar-refractivity contribution in [1.82, 2.24) is 9.80 Å². The van der Waals surface area contributed by atoms with E-state index >= 15 is 0 Å². The van der Waals surface area contributed by atoms with Crippen molar-refractivity contribution in [3.8, 4) is 23.0 Å². The number of rotatable bonds is 0. The van der Waals surface area contributed by atoms with Crippen LogP contribution in [0.15, 0.2) is 48.5 Å². The first-order valence-corrected chi connectivity index (χ1v) is 11.1. The van der Waals surface area contributed by atoms with Gasteiger partial charge in [0.15, 0.2) is 23.0 Å². The van der Waals surface area contributed by atoms with Gasteiger partial charge in [-0.05, 0) is 24.3 Å². The van der Waals surface area contributed by atoms with Gasteiger partial charge in [0.25, 0.3) is 0 Å². The summed E-state index contributed by atoms with van der Waals surface area (Å²) in [4.78, 5) is 4.62. The van der Waals surface area contributed by atoms with Crippen LogP contribution in [0.3, 0.4) is 0 Å². The predicted octanol–water partition coefficient (Wildman–Crippen LogP) is -0.827. The summed E-state index contributed by atoms with van der Waals surface area (Å²) >= 11 is 0. The molecular weight excluding hydrogens is 430 g/mol. The molecule has 0 atom stereocenters. The number of fused-ring (bicyclic) bond motifs is 8. The Kier molecular flexibility index (Phi) is 13.1. The first-order chi connectivity index (χ1) is 15.4. The van der Waals surface area contributed by atoms with Gasteiger partial charge in [0.05, 0.1) is 13.2 Å². The molecule has 0 aliphatic carbocycles. The van der Waals surface area contributed by atoms with E-state index in [2.05, 4.69) is 9.80 Å². The number of nitrogens with zero attached hydrogens (tertiary/aromatic N) is 2. The SMILES string of the molecule is [B-].[Na+].c1ccc2c(c1)OCCN1CCOCCN(CCO2)CCOc2ccccc2OCC1. The Hall–Kier alpha value is -1.42. The van der Waals surface area contributed by atoms with Gasteiger partial charge in [-0.25, -0.2) is 0 Å². The van der Waals surface area contributed by atoms with E-state index in [1.807, 2.05) is 48.5 Å². The third-order valence-electron chi connectivity index (χ3n) is 5.46. The molecule has 0 spiro atoms. The van der Waals surface area contributed by atoms with Crippen LogP contribution in [0.1, 0.15) is 0 Å². The molecule has 33 heavy (non-hydrogen) atoms. The number of para-hydroxylation sites is 4. The third-order valence-corrected chi connectivity index (χ3v) is 5.46. The molecule has 4 rings (SSSR count). The molecule has 0 N–H and O–H groups in total. The van der Waals surface area contributed by atoms with Gasteiger partial charge in [-0.2, -0.15) is 0 Å². The quantitative estimate of drug-likeness (QED) is 0.375. The molecule has 2 aliphatic heterocycles. The van der Waals surface area contributed by atoms with Crippen LogP contribution in [0.5, 0.6) is 23.0 Å². The Bertz CT molecular complexity index is 692. The molecule has 0 aromatic heterocycles. The van der Waals surface area contributed by atoms with Gasteiger partial charge in [-0.3, -0.25) is 9.80 Å². The van der Waals surface area contributed by atoms with Crippen LogP contribution in [0.2, 0.25) is 0 Å². The number of hydrogen-bond acceptors (Lipinski definition) is 7.